The Hall–Kier alpha value is -1.84. The monoisotopic (exact) mass is 278 g/mol. The van der Waals surface area contributed by atoms with Crippen LogP contribution in [0.15, 0.2) is 18.2 Å². The minimum Gasteiger partial charge on any atom is -0.459 e. The molecule has 1 aromatic rings. The average Bonchev–Trinajstić information content (AvgIpc) is 2.36. The van der Waals surface area contributed by atoms with Crippen LogP contribution in [0.25, 0.3) is 0 Å². The molecule has 4 nitrogen and oxygen atoms in total. The van der Waals surface area contributed by atoms with E-state index in [0.29, 0.717) is 0 Å². The topological polar surface area (TPSA) is 52.6 Å². The van der Waals surface area contributed by atoms with Gasteiger partial charge in [0.25, 0.3) is 0 Å². The highest BCUT2D eigenvalue weighted by molar-refractivity contribution is 6.03. The van der Waals surface area contributed by atoms with Gasteiger partial charge >= 0.3 is 11.9 Å². The van der Waals surface area contributed by atoms with E-state index >= 15 is 0 Å². The van der Waals surface area contributed by atoms with Gasteiger partial charge in [0.1, 0.15) is 0 Å². The minimum atomic E-state index is -0.502. The molecule has 0 heterocycles. The van der Waals surface area contributed by atoms with Gasteiger partial charge in [-0.05, 0) is 51.8 Å². The number of carbonyl (C=O) groups excluding carboxylic acids is 2. The molecular weight excluding hydrogens is 256 g/mol. The maximum Gasteiger partial charge on any atom is 0.339 e. The third-order valence-corrected chi connectivity index (χ3v) is 2.62. The second-order valence-electron chi connectivity index (χ2n) is 5.14. The summed E-state index contributed by atoms with van der Waals surface area (Å²) in [5.41, 5.74) is 1.49. The van der Waals surface area contributed by atoms with Crippen molar-refractivity contribution < 1.29 is 19.1 Å². The van der Waals surface area contributed by atoms with E-state index in [0.717, 1.165) is 12.0 Å². The van der Waals surface area contributed by atoms with Gasteiger partial charge in [0.2, 0.25) is 0 Å². The maximum atomic E-state index is 12.1. The first-order chi connectivity index (χ1) is 9.35. The van der Waals surface area contributed by atoms with Crippen molar-refractivity contribution in [1.82, 2.24) is 0 Å². The summed E-state index contributed by atoms with van der Waals surface area (Å²) in [6.45, 7) is 9.06. The summed E-state index contributed by atoms with van der Waals surface area (Å²) >= 11 is 0. The molecule has 0 N–H and O–H groups in total. The van der Waals surface area contributed by atoms with Gasteiger partial charge in [-0.2, -0.15) is 0 Å². The molecule has 0 saturated carbocycles. The van der Waals surface area contributed by atoms with Crippen LogP contribution < -0.4 is 0 Å². The lowest BCUT2D eigenvalue weighted by atomic mass is 10.0. The highest BCUT2D eigenvalue weighted by Crippen LogP contribution is 2.17. The summed E-state index contributed by atoms with van der Waals surface area (Å²) in [5.74, 6) is -0.996. The fourth-order valence-electron chi connectivity index (χ4n) is 1.71. The zero-order valence-electron chi connectivity index (χ0n) is 12.7. The van der Waals surface area contributed by atoms with E-state index in [1.807, 2.05) is 13.0 Å². The summed E-state index contributed by atoms with van der Waals surface area (Å²) in [6, 6.07) is 5.14. The number of carbonyl (C=O) groups is 2. The van der Waals surface area contributed by atoms with Crippen LogP contribution in [0.2, 0.25) is 0 Å². The zero-order chi connectivity index (χ0) is 15.3. The van der Waals surface area contributed by atoms with Crippen LogP contribution >= 0.6 is 0 Å². The molecule has 4 heteroatoms. The summed E-state index contributed by atoms with van der Waals surface area (Å²) in [4.78, 5) is 24.1. The highest BCUT2D eigenvalue weighted by Gasteiger charge is 2.21. The molecule has 0 spiro atoms. The SMILES string of the molecule is CCc1ccc(C(=O)OC(C)C)c(C(=O)OC(C)C)c1. The Balaban J connectivity index is 3.16. The Morgan fingerprint density at radius 2 is 1.45 bits per heavy atom. The second kappa shape index (κ2) is 7.08. The van der Waals surface area contributed by atoms with Crippen LogP contribution in [-0.2, 0) is 15.9 Å². The van der Waals surface area contributed by atoms with Crippen molar-refractivity contribution in [3.8, 4) is 0 Å². The first-order valence-electron chi connectivity index (χ1n) is 6.90. The Morgan fingerprint density at radius 1 is 0.950 bits per heavy atom. The Kier molecular flexibility index (Phi) is 5.74. The molecule has 1 rings (SSSR count). The Morgan fingerprint density at radius 3 is 1.90 bits per heavy atom. The number of ether oxygens (including phenoxy) is 2. The molecule has 0 saturated heterocycles. The smallest absolute Gasteiger partial charge is 0.339 e. The average molecular weight is 278 g/mol. The lowest BCUT2D eigenvalue weighted by Gasteiger charge is -2.14. The number of aryl methyl sites for hydroxylation is 1. The molecule has 0 aromatic heterocycles. The minimum absolute atomic E-state index is 0.234. The molecule has 0 unspecified atom stereocenters. The maximum absolute atomic E-state index is 12.1. The number of hydrogen-bond acceptors (Lipinski definition) is 4. The van der Waals surface area contributed by atoms with Gasteiger partial charge in [-0.3, -0.25) is 0 Å². The summed E-state index contributed by atoms with van der Waals surface area (Å²) in [6.07, 6.45) is 0.311. The second-order valence-corrected chi connectivity index (χ2v) is 5.14. The molecule has 110 valence electrons. The largest absolute Gasteiger partial charge is 0.459 e. The highest BCUT2D eigenvalue weighted by atomic mass is 16.5. The molecular formula is C16H22O4. The fourth-order valence-corrected chi connectivity index (χ4v) is 1.71. The zero-order valence-corrected chi connectivity index (χ0v) is 12.7. The molecule has 0 atom stereocenters. The van der Waals surface area contributed by atoms with Crippen molar-refractivity contribution in [1.29, 1.82) is 0 Å². The molecule has 0 aliphatic carbocycles. The standard InChI is InChI=1S/C16H22O4/c1-6-12-7-8-13(15(17)19-10(2)3)14(9-12)16(18)20-11(4)5/h7-11H,6H2,1-5H3. The normalized spacial score (nSPS) is 10.8. The van der Waals surface area contributed by atoms with Crippen molar-refractivity contribution in [3.63, 3.8) is 0 Å². The van der Waals surface area contributed by atoms with E-state index in [1.54, 1.807) is 39.8 Å². The number of rotatable bonds is 5. The van der Waals surface area contributed by atoms with Crippen LogP contribution in [0.1, 0.15) is 60.9 Å². The van der Waals surface area contributed by atoms with Gasteiger partial charge in [-0.1, -0.05) is 13.0 Å². The van der Waals surface area contributed by atoms with Crippen LogP contribution in [0.5, 0.6) is 0 Å². The van der Waals surface area contributed by atoms with Gasteiger partial charge in [-0.25, -0.2) is 9.59 Å². The third-order valence-electron chi connectivity index (χ3n) is 2.62. The molecule has 0 fully saturated rings. The van der Waals surface area contributed by atoms with Gasteiger partial charge in [0.15, 0.2) is 0 Å². The van der Waals surface area contributed by atoms with E-state index in [-0.39, 0.29) is 23.3 Å². The summed E-state index contributed by atoms with van der Waals surface area (Å²) < 4.78 is 10.3. The molecule has 0 aliphatic rings. The van der Waals surface area contributed by atoms with E-state index < -0.39 is 11.9 Å². The van der Waals surface area contributed by atoms with Crippen molar-refractivity contribution in [2.75, 3.05) is 0 Å². The van der Waals surface area contributed by atoms with Crippen molar-refractivity contribution in [2.24, 2.45) is 0 Å². The van der Waals surface area contributed by atoms with Crippen LogP contribution in [0.4, 0.5) is 0 Å². The number of hydrogen-bond donors (Lipinski definition) is 0. The van der Waals surface area contributed by atoms with E-state index in [9.17, 15) is 9.59 Å². The van der Waals surface area contributed by atoms with Gasteiger partial charge in [0, 0.05) is 0 Å². The fraction of sp³-hybridized carbons (Fsp3) is 0.500. The number of esters is 2. The molecule has 0 bridgehead atoms. The van der Waals surface area contributed by atoms with Crippen LogP contribution in [0.3, 0.4) is 0 Å². The number of benzene rings is 1. The predicted octanol–water partition coefficient (Wildman–Crippen LogP) is 3.38. The molecule has 0 radical (unpaired) electrons. The Labute approximate surface area is 120 Å². The quantitative estimate of drug-likeness (QED) is 0.775. The van der Waals surface area contributed by atoms with Crippen molar-refractivity contribution in [3.05, 3.63) is 34.9 Å². The predicted molar refractivity (Wildman–Crippen MR) is 76.9 cm³/mol. The van der Waals surface area contributed by atoms with Crippen LogP contribution in [-0.4, -0.2) is 24.1 Å². The first kappa shape index (κ1) is 16.2. The first-order valence-corrected chi connectivity index (χ1v) is 6.90. The summed E-state index contributed by atoms with van der Waals surface area (Å²) in [7, 11) is 0. The van der Waals surface area contributed by atoms with Crippen molar-refractivity contribution >= 4 is 11.9 Å². The van der Waals surface area contributed by atoms with E-state index in [2.05, 4.69) is 0 Å². The Bertz CT molecular complexity index is 489. The van der Waals surface area contributed by atoms with Gasteiger partial charge in [-0.15, -0.1) is 0 Å². The van der Waals surface area contributed by atoms with Gasteiger partial charge in [0.05, 0.1) is 23.3 Å². The van der Waals surface area contributed by atoms with E-state index in [4.69, 9.17) is 9.47 Å². The third kappa shape index (κ3) is 4.37. The van der Waals surface area contributed by atoms with Crippen LogP contribution in [0, 0.1) is 0 Å². The van der Waals surface area contributed by atoms with Crippen molar-refractivity contribution in [2.45, 2.75) is 53.2 Å². The molecule has 0 aliphatic heterocycles. The lowest BCUT2D eigenvalue weighted by Crippen LogP contribution is -2.19. The van der Waals surface area contributed by atoms with Gasteiger partial charge < -0.3 is 9.47 Å². The molecule has 20 heavy (non-hydrogen) atoms. The lowest BCUT2D eigenvalue weighted by molar-refractivity contribution is 0.0328. The van der Waals surface area contributed by atoms with E-state index in [1.165, 1.54) is 0 Å². The molecule has 0 amide bonds. The summed E-state index contributed by atoms with van der Waals surface area (Å²) in [5, 5.41) is 0. The molecule has 1 aromatic carbocycles.